The molecule has 4 aromatic carbocycles. The minimum absolute atomic E-state index is 0.138. The molecule has 0 amide bonds. The summed E-state index contributed by atoms with van der Waals surface area (Å²) in [7, 11) is -3.90. The van der Waals surface area contributed by atoms with Crippen LogP contribution in [0.5, 0.6) is 0 Å². The SMILES string of the molecule is Cc1ccc(-c2cc(C(F)(F)F)nn2-c2ccc(S(N)(=O)=O)cc2)cc1.N#Cc1ccc(C(c2ccc(C#N)cc2)n2cncn2)cc1. The van der Waals surface area contributed by atoms with Crippen molar-refractivity contribution in [1.29, 1.82) is 10.5 Å². The van der Waals surface area contributed by atoms with Gasteiger partial charge in [0, 0.05) is 5.56 Å². The molecule has 0 fully saturated rings. The maximum Gasteiger partial charge on any atom is 0.435 e. The third-order valence-corrected chi connectivity index (χ3v) is 8.10. The summed E-state index contributed by atoms with van der Waals surface area (Å²) >= 11 is 0. The van der Waals surface area contributed by atoms with Crippen molar-refractivity contribution in [2.45, 2.75) is 24.0 Å². The standard InChI is InChI=1S/C17H14F3N3O2S.C17H11N5/c1-11-2-4-12(5-3-11)15-10-16(17(18,19)20)22-23(15)13-6-8-14(9-7-13)26(21,24)25;18-9-13-1-5-15(6-2-13)17(22-12-20-11-21-22)16-7-3-14(10-19)4-8-16/h2-10H,1H3,(H2,21,24,25);1-8,11-12,17H. The number of nitrogens with two attached hydrogens (primary N) is 1. The Morgan fingerprint density at radius 1 is 0.812 bits per heavy atom. The molecule has 14 heteroatoms. The second kappa shape index (κ2) is 13.7. The molecule has 2 heterocycles. The largest absolute Gasteiger partial charge is 0.435 e. The first-order valence-corrected chi connectivity index (χ1v) is 15.6. The van der Waals surface area contributed by atoms with E-state index < -0.39 is 21.9 Å². The minimum atomic E-state index is -4.61. The molecular weight excluding hydrogens is 641 g/mol. The number of rotatable bonds is 6. The molecular formula is C34H25F3N8O2S. The zero-order valence-electron chi connectivity index (χ0n) is 25.1. The molecule has 0 spiro atoms. The van der Waals surface area contributed by atoms with Crippen molar-refractivity contribution < 1.29 is 21.6 Å². The Morgan fingerprint density at radius 3 is 1.79 bits per heavy atom. The fourth-order valence-corrected chi connectivity index (χ4v) is 5.27. The van der Waals surface area contributed by atoms with Crippen molar-refractivity contribution >= 4 is 10.0 Å². The van der Waals surface area contributed by atoms with Gasteiger partial charge in [0.2, 0.25) is 10.0 Å². The molecule has 0 aliphatic heterocycles. The van der Waals surface area contributed by atoms with Gasteiger partial charge >= 0.3 is 6.18 Å². The number of sulfonamides is 1. The molecule has 10 nitrogen and oxygen atoms in total. The Labute approximate surface area is 273 Å². The summed E-state index contributed by atoms with van der Waals surface area (Å²) in [6, 6.07) is 31.9. The maximum atomic E-state index is 13.1. The van der Waals surface area contributed by atoms with Crippen molar-refractivity contribution in [2.24, 2.45) is 5.14 Å². The second-order valence-corrected chi connectivity index (χ2v) is 12.0. The highest BCUT2D eigenvalue weighted by Gasteiger charge is 2.35. The molecule has 0 unspecified atom stereocenters. The lowest BCUT2D eigenvalue weighted by Crippen LogP contribution is -2.13. The molecule has 0 saturated heterocycles. The van der Waals surface area contributed by atoms with Crippen molar-refractivity contribution in [3.63, 3.8) is 0 Å². The predicted molar refractivity (Wildman–Crippen MR) is 170 cm³/mol. The highest BCUT2D eigenvalue weighted by Crippen LogP contribution is 2.33. The highest BCUT2D eigenvalue weighted by molar-refractivity contribution is 7.89. The first-order chi connectivity index (χ1) is 22.9. The summed E-state index contributed by atoms with van der Waals surface area (Å²) in [5.41, 5.74) is 4.21. The Kier molecular flexibility index (Phi) is 9.51. The summed E-state index contributed by atoms with van der Waals surface area (Å²) in [5, 5.41) is 30.8. The topological polar surface area (TPSA) is 156 Å². The van der Waals surface area contributed by atoms with Gasteiger partial charge in [-0.15, -0.1) is 0 Å². The van der Waals surface area contributed by atoms with Gasteiger partial charge in [0.15, 0.2) is 5.69 Å². The van der Waals surface area contributed by atoms with E-state index in [9.17, 15) is 21.6 Å². The molecule has 6 rings (SSSR count). The van der Waals surface area contributed by atoms with E-state index in [4.69, 9.17) is 15.7 Å². The third kappa shape index (κ3) is 7.64. The number of aryl methyl sites for hydroxylation is 1. The van der Waals surface area contributed by atoms with Crippen LogP contribution in [-0.4, -0.2) is 33.0 Å². The lowest BCUT2D eigenvalue weighted by molar-refractivity contribution is -0.141. The fraction of sp³-hybridized carbons (Fsp3) is 0.0882. The van der Waals surface area contributed by atoms with E-state index in [1.807, 2.05) is 31.2 Å². The normalized spacial score (nSPS) is 11.3. The molecule has 2 aromatic heterocycles. The van der Waals surface area contributed by atoms with Gasteiger partial charge in [0.1, 0.15) is 18.7 Å². The van der Waals surface area contributed by atoms with Crippen molar-refractivity contribution in [2.75, 3.05) is 0 Å². The number of alkyl halides is 3. The summed E-state index contributed by atoms with van der Waals surface area (Å²) in [6.07, 6.45) is -1.47. The number of hydrogen-bond donors (Lipinski definition) is 1. The van der Waals surface area contributed by atoms with E-state index in [0.717, 1.165) is 27.4 Å². The van der Waals surface area contributed by atoms with Crippen LogP contribution in [0.4, 0.5) is 13.2 Å². The number of primary sulfonamides is 1. The van der Waals surface area contributed by atoms with Gasteiger partial charge in [-0.25, -0.2) is 27.9 Å². The summed E-state index contributed by atoms with van der Waals surface area (Å²) < 4.78 is 64.9. The van der Waals surface area contributed by atoms with Crippen molar-refractivity contribution in [1.82, 2.24) is 24.5 Å². The summed E-state index contributed by atoms with van der Waals surface area (Å²) in [6.45, 7) is 1.87. The predicted octanol–water partition coefficient (Wildman–Crippen LogP) is 6.17. The lowest BCUT2D eigenvalue weighted by Gasteiger charge is -2.18. The van der Waals surface area contributed by atoms with Crippen LogP contribution >= 0.6 is 0 Å². The molecule has 240 valence electrons. The Balaban J connectivity index is 0.000000190. The van der Waals surface area contributed by atoms with E-state index in [-0.39, 0.29) is 22.3 Å². The van der Waals surface area contributed by atoms with Crippen LogP contribution in [0.2, 0.25) is 0 Å². The van der Waals surface area contributed by atoms with Gasteiger partial charge in [-0.1, -0.05) is 54.1 Å². The van der Waals surface area contributed by atoms with Crippen LogP contribution in [0.3, 0.4) is 0 Å². The van der Waals surface area contributed by atoms with Gasteiger partial charge < -0.3 is 0 Å². The van der Waals surface area contributed by atoms with Gasteiger partial charge in [0.25, 0.3) is 0 Å². The number of aromatic nitrogens is 5. The average Bonchev–Trinajstić information content (AvgIpc) is 3.77. The molecule has 2 N–H and O–H groups in total. The fourth-order valence-electron chi connectivity index (χ4n) is 4.75. The van der Waals surface area contributed by atoms with E-state index >= 15 is 0 Å². The van der Waals surface area contributed by atoms with Gasteiger partial charge in [-0.05, 0) is 72.6 Å². The number of nitrogens with zero attached hydrogens (tertiary/aromatic N) is 7. The Bertz CT molecular complexity index is 2140. The van der Waals surface area contributed by atoms with E-state index in [1.54, 1.807) is 59.5 Å². The zero-order valence-corrected chi connectivity index (χ0v) is 25.9. The molecule has 48 heavy (non-hydrogen) atoms. The van der Waals surface area contributed by atoms with Gasteiger partial charge in [-0.3, -0.25) is 0 Å². The monoisotopic (exact) mass is 666 g/mol. The van der Waals surface area contributed by atoms with Gasteiger partial charge in [0.05, 0.1) is 39.5 Å². The van der Waals surface area contributed by atoms with Crippen LogP contribution in [0.25, 0.3) is 16.9 Å². The molecule has 0 atom stereocenters. The van der Waals surface area contributed by atoms with Crippen molar-refractivity contribution in [3.8, 4) is 29.1 Å². The maximum absolute atomic E-state index is 13.1. The number of nitriles is 2. The van der Waals surface area contributed by atoms with Crippen LogP contribution in [0, 0.1) is 29.6 Å². The zero-order chi connectivity index (χ0) is 34.5. The second-order valence-electron chi connectivity index (χ2n) is 10.5. The van der Waals surface area contributed by atoms with Crippen molar-refractivity contribution in [3.05, 3.63) is 149 Å². The summed E-state index contributed by atoms with van der Waals surface area (Å²) in [5.74, 6) is 0. The van der Waals surface area contributed by atoms with E-state index in [1.165, 1.54) is 30.6 Å². The quantitative estimate of drug-likeness (QED) is 0.223. The highest BCUT2D eigenvalue weighted by atomic mass is 32.2. The summed E-state index contributed by atoms with van der Waals surface area (Å²) in [4.78, 5) is 3.87. The minimum Gasteiger partial charge on any atom is -0.241 e. The van der Waals surface area contributed by atoms with Crippen LogP contribution in [0.1, 0.15) is 39.6 Å². The van der Waals surface area contributed by atoms with E-state index in [2.05, 4.69) is 27.3 Å². The Hall–Kier alpha value is -6.09. The average molecular weight is 667 g/mol. The number of benzene rings is 4. The van der Waals surface area contributed by atoms with Gasteiger partial charge in [-0.2, -0.15) is 33.9 Å². The molecule has 0 aliphatic rings. The number of hydrogen-bond acceptors (Lipinski definition) is 7. The molecule has 0 radical (unpaired) electrons. The first-order valence-electron chi connectivity index (χ1n) is 14.1. The molecule has 0 saturated carbocycles. The molecule has 0 aliphatic carbocycles. The smallest absolute Gasteiger partial charge is 0.241 e. The lowest BCUT2D eigenvalue weighted by atomic mass is 9.97. The molecule has 6 aromatic rings. The Morgan fingerprint density at radius 2 is 1.35 bits per heavy atom. The van der Waals surface area contributed by atoms with E-state index in [0.29, 0.717) is 16.7 Å². The van der Waals surface area contributed by atoms with Crippen LogP contribution < -0.4 is 5.14 Å². The van der Waals surface area contributed by atoms with Crippen LogP contribution in [0.15, 0.2) is 121 Å². The van der Waals surface area contributed by atoms with Crippen LogP contribution in [-0.2, 0) is 16.2 Å². The third-order valence-electron chi connectivity index (χ3n) is 7.17. The first kappa shape index (κ1) is 33.3. The molecule has 0 bridgehead atoms. The number of halogens is 3.